The molecular weight excluding hydrogens is 457 g/mol. The quantitative estimate of drug-likeness (QED) is 0.510. The first-order valence-corrected chi connectivity index (χ1v) is 10.9. The lowest BCUT2D eigenvalue weighted by molar-refractivity contribution is -0.123. The van der Waals surface area contributed by atoms with E-state index in [2.05, 4.69) is 10.3 Å². The first kappa shape index (κ1) is 23.1. The molecule has 33 heavy (non-hydrogen) atoms. The number of carbonyl (C=O) groups excluding carboxylic acids is 3. The maximum atomic E-state index is 13.3. The number of alkyl halides is 3. The Balaban J connectivity index is 1.65. The van der Waals surface area contributed by atoms with Crippen LogP contribution in [0.25, 0.3) is 0 Å². The maximum Gasteiger partial charge on any atom is 0.446 e. The molecule has 7 nitrogen and oxygen atoms in total. The first-order valence-electron chi connectivity index (χ1n) is 10.1. The van der Waals surface area contributed by atoms with Gasteiger partial charge in [0.15, 0.2) is 0 Å². The molecule has 2 aromatic rings. The lowest BCUT2D eigenvalue weighted by Gasteiger charge is -2.29. The molecule has 1 N–H and O–H groups in total. The molecule has 0 unspecified atom stereocenters. The molecule has 2 aliphatic heterocycles. The van der Waals surface area contributed by atoms with E-state index < -0.39 is 28.4 Å². The van der Waals surface area contributed by atoms with Gasteiger partial charge in [0.1, 0.15) is 11.4 Å². The number of rotatable bonds is 4. The van der Waals surface area contributed by atoms with Crippen LogP contribution in [0.2, 0.25) is 0 Å². The number of imide groups is 1. The Labute approximate surface area is 192 Å². The molecule has 3 heterocycles. The molecule has 0 atom stereocenters. The predicted molar refractivity (Wildman–Crippen MR) is 117 cm³/mol. The van der Waals surface area contributed by atoms with Gasteiger partial charge in [-0.15, -0.1) is 0 Å². The van der Waals surface area contributed by atoms with Gasteiger partial charge in [0, 0.05) is 23.2 Å². The highest BCUT2D eigenvalue weighted by atomic mass is 32.2. The van der Waals surface area contributed by atoms with Crippen LogP contribution in [0.3, 0.4) is 0 Å². The van der Waals surface area contributed by atoms with Gasteiger partial charge < -0.3 is 10.2 Å². The normalized spacial score (nSPS) is 19.2. The van der Waals surface area contributed by atoms with Gasteiger partial charge in [0.2, 0.25) is 5.91 Å². The summed E-state index contributed by atoms with van der Waals surface area (Å²) in [4.78, 5) is 45.4. The minimum Gasteiger partial charge on any atom is -0.310 e. The second-order valence-corrected chi connectivity index (χ2v) is 10.0. The number of nitrogens with one attached hydrogen (secondary N) is 1. The van der Waals surface area contributed by atoms with E-state index in [4.69, 9.17) is 0 Å². The fourth-order valence-corrected chi connectivity index (χ4v) is 4.64. The fourth-order valence-electron chi connectivity index (χ4n) is 4.10. The zero-order valence-corrected chi connectivity index (χ0v) is 19.1. The van der Waals surface area contributed by atoms with Crippen LogP contribution in [-0.2, 0) is 21.5 Å². The van der Waals surface area contributed by atoms with Crippen molar-refractivity contribution >= 4 is 41.1 Å². The lowest BCUT2D eigenvalue weighted by atomic mass is 9.84. The van der Waals surface area contributed by atoms with Crippen molar-refractivity contribution in [2.75, 3.05) is 10.2 Å². The number of fused-ring (bicyclic) bond motifs is 1. The Morgan fingerprint density at radius 3 is 2.27 bits per heavy atom. The van der Waals surface area contributed by atoms with Crippen molar-refractivity contribution in [2.45, 2.75) is 55.6 Å². The van der Waals surface area contributed by atoms with Crippen LogP contribution in [0, 0.1) is 0 Å². The smallest absolute Gasteiger partial charge is 0.310 e. The van der Waals surface area contributed by atoms with E-state index >= 15 is 0 Å². The lowest BCUT2D eigenvalue weighted by Crippen LogP contribution is -2.44. The number of urea groups is 1. The molecule has 1 aromatic carbocycles. The maximum absolute atomic E-state index is 13.3. The van der Waals surface area contributed by atoms with Gasteiger partial charge in [-0.05, 0) is 75.4 Å². The molecule has 11 heteroatoms. The third kappa shape index (κ3) is 3.84. The van der Waals surface area contributed by atoms with E-state index in [0.29, 0.717) is 16.9 Å². The fraction of sp³-hybridized carbons (Fsp3) is 0.364. The molecule has 174 valence electrons. The molecule has 0 spiro atoms. The minimum atomic E-state index is -4.44. The van der Waals surface area contributed by atoms with Gasteiger partial charge in [-0.2, -0.15) is 13.2 Å². The SMILES string of the molecule is CC1(C)C(=O)Nc2nccc(CN3C(=O)N(c4ccc(SC(F)(F)F)cc4)C(=O)C3(C)C)c21. The minimum absolute atomic E-state index is 0.0480. The summed E-state index contributed by atoms with van der Waals surface area (Å²) in [7, 11) is 0. The van der Waals surface area contributed by atoms with Crippen LogP contribution in [0.4, 0.5) is 29.5 Å². The number of nitrogens with zero attached hydrogens (tertiary/aromatic N) is 3. The first-order chi connectivity index (χ1) is 15.2. The highest BCUT2D eigenvalue weighted by molar-refractivity contribution is 8.00. The van der Waals surface area contributed by atoms with Gasteiger partial charge in [-0.3, -0.25) is 9.59 Å². The van der Waals surface area contributed by atoms with Crippen molar-refractivity contribution in [3.8, 4) is 0 Å². The average molecular weight is 478 g/mol. The van der Waals surface area contributed by atoms with Crippen molar-refractivity contribution < 1.29 is 27.6 Å². The average Bonchev–Trinajstić information content (AvgIpc) is 3.03. The van der Waals surface area contributed by atoms with E-state index in [9.17, 15) is 27.6 Å². The predicted octanol–water partition coefficient (Wildman–Crippen LogP) is 4.67. The van der Waals surface area contributed by atoms with E-state index in [-0.39, 0.29) is 34.8 Å². The Kier molecular flexibility index (Phi) is 5.23. The molecule has 1 aromatic heterocycles. The number of amides is 4. The molecule has 0 bridgehead atoms. The van der Waals surface area contributed by atoms with Crippen LogP contribution >= 0.6 is 11.8 Å². The number of pyridine rings is 1. The molecule has 1 saturated heterocycles. The van der Waals surface area contributed by atoms with Crippen molar-refractivity contribution in [1.29, 1.82) is 0 Å². The van der Waals surface area contributed by atoms with Gasteiger partial charge in [-0.1, -0.05) is 0 Å². The van der Waals surface area contributed by atoms with E-state index in [1.54, 1.807) is 33.8 Å². The van der Waals surface area contributed by atoms with Crippen molar-refractivity contribution in [3.05, 3.63) is 47.7 Å². The molecule has 1 fully saturated rings. The van der Waals surface area contributed by atoms with E-state index in [0.717, 1.165) is 4.90 Å². The number of aromatic nitrogens is 1. The van der Waals surface area contributed by atoms with Crippen LogP contribution in [-0.4, -0.2) is 38.8 Å². The highest BCUT2D eigenvalue weighted by Gasteiger charge is 2.52. The molecule has 2 aliphatic rings. The second-order valence-electron chi connectivity index (χ2n) is 8.88. The van der Waals surface area contributed by atoms with Crippen LogP contribution in [0.15, 0.2) is 41.4 Å². The molecule has 0 radical (unpaired) electrons. The van der Waals surface area contributed by atoms with Crippen LogP contribution in [0.1, 0.15) is 38.8 Å². The third-order valence-electron chi connectivity index (χ3n) is 5.94. The summed E-state index contributed by atoms with van der Waals surface area (Å²) in [5, 5.41) is 2.74. The third-order valence-corrected chi connectivity index (χ3v) is 6.68. The summed E-state index contributed by atoms with van der Waals surface area (Å²) in [5.41, 5.74) is -4.98. The topological polar surface area (TPSA) is 82.6 Å². The van der Waals surface area contributed by atoms with Crippen LogP contribution in [0.5, 0.6) is 0 Å². The van der Waals surface area contributed by atoms with Crippen LogP contribution < -0.4 is 10.2 Å². The zero-order chi connectivity index (χ0) is 24.3. The van der Waals surface area contributed by atoms with Gasteiger partial charge >= 0.3 is 11.5 Å². The number of thioether (sulfide) groups is 1. The standard InChI is InChI=1S/C22H21F3N4O3S/c1-20(2)15-12(9-10-26-16(15)27-17(20)30)11-28-19(32)29(18(31)21(28,3)4)13-5-7-14(8-6-13)33-22(23,24)25/h5-10H,11H2,1-4H3,(H,26,27,30). The Morgan fingerprint density at radius 2 is 1.67 bits per heavy atom. The van der Waals surface area contributed by atoms with Crippen molar-refractivity contribution in [1.82, 2.24) is 9.88 Å². The van der Waals surface area contributed by atoms with E-state index in [1.807, 2.05) is 0 Å². The van der Waals surface area contributed by atoms with Gasteiger partial charge in [0.05, 0.1) is 11.1 Å². The number of hydrogen-bond acceptors (Lipinski definition) is 5. The molecule has 4 amide bonds. The zero-order valence-electron chi connectivity index (χ0n) is 18.3. The highest BCUT2D eigenvalue weighted by Crippen LogP contribution is 2.41. The van der Waals surface area contributed by atoms with Gasteiger partial charge in [0.25, 0.3) is 5.91 Å². The number of carbonyl (C=O) groups is 3. The Hall–Kier alpha value is -3.08. The Morgan fingerprint density at radius 1 is 1.03 bits per heavy atom. The van der Waals surface area contributed by atoms with Crippen molar-refractivity contribution in [3.63, 3.8) is 0 Å². The number of halogens is 3. The Bertz CT molecular complexity index is 1160. The monoisotopic (exact) mass is 478 g/mol. The van der Waals surface area contributed by atoms with E-state index in [1.165, 1.54) is 35.4 Å². The summed E-state index contributed by atoms with van der Waals surface area (Å²) >= 11 is -0.271. The number of anilines is 2. The largest absolute Gasteiger partial charge is 0.446 e. The summed E-state index contributed by atoms with van der Waals surface area (Å²) < 4.78 is 37.8. The summed E-state index contributed by atoms with van der Waals surface area (Å²) in [6, 6.07) is 6.19. The molecule has 0 aliphatic carbocycles. The summed E-state index contributed by atoms with van der Waals surface area (Å²) in [6.45, 7) is 6.79. The second kappa shape index (κ2) is 7.47. The molecular formula is C22H21F3N4O3S. The molecule has 4 rings (SSSR count). The summed E-state index contributed by atoms with van der Waals surface area (Å²) in [5.74, 6) is -0.283. The van der Waals surface area contributed by atoms with Gasteiger partial charge in [-0.25, -0.2) is 14.7 Å². The van der Waals surface area contributed by atoms with Crippen molar-refractivity contribution in [2.24, 2.45) is 0 Å². The summed E-state index contributed by atoms with van der Waals surface area (Å²) in [6.07, 6.45) is 1.53. The number of benzene rings is 1. The number of hydrogen-bond donors (Lipinski definition) is 1. The molecule has 0 saturated carbocycles.